The molecule has 3 nitrogen and oxygen atoms in total. The molecule has 1 saturated heterocycles. The van der Waals surface area contributed by atoms with Crippen molar-refractivity contribution in [3.05, 3.63) is 34.1 Å². The predicted molar refractivity (Wildman–Crippen MR) is 71.8 cm³/mol. The van der Waals surface area contributed by atoms with Crippen LogP contribution >= 0.6 is 15.9 Å². The molecule has 98 valence electrons. The third kappa shape index (κ3) is 3.78. The van der Waals surface area contributed by atoms with Crippen LogP contribution in [0.3, 0.4) is 0 Å². The van der Waals surface area contributed by atoms with E-state index in [1.807, 2.05) is 0 Å². The Morgan fingerprint density at radius 2 is 2.39 bits per heavy atom. The van der Waals surface area contributed by atoms with E-state index in [0.29, 0.717) is 18.0 Å². The summed E-state index contributed by atoms with van der Waals surface area (Å²) < 4.78 is 14.2. The second-order valence-electron chi connectivity index (χ2n) is 4.58. The van der Waals surface area contributed by atoms with Gasteiger partial charge in [0.25, 0.3) is 0 Å². The molecule has 0 aromatic heterocycles. The first-order valence-corrected chi connectivity index (χ1v) is 6.86. The average molecular weight is 315 g/mol. The van der Waals surface area contributed by atoms with Crippen LogP contribution in [0.2, 0.25) is 0 Å². The van der Waals surface area contributed by atoms with Gasteiger partial charge in [-0.1, -0.05) is 15.9 Å². The van der Waals surface area contributed by atoms with Gasteiger partial charge in [0.15, 0.2) is 0 Å². The van der Waals surface area contributed by atoms with E-state index in [1.54, 1.807) is 12.1 Å². The fourth-order valence-electron chi connectivity index (χ4n) is 2.06. The minimum atomic E-state index is -0.337. The Bertz CT molecular complexity index is 433. The maximum atomic E-state index is 13.5. The standard InChI is InChI=1S/C13H16BrFN2O/c14-11-1-2-12(15)10(5-11)6-13(18)17-8-9-3-4-16-7-9/h1-2,5,9,16H,3-4,6-8H2,(H,17,18). The smallest absolute Gasteiger partial charge is 0.224 e. The van der Waals surface area contributed by atoms with Crippen molar-refractivity contribution in [1.29, 1.82) is 0 Å². The fraction of sp³-hybridized carbons (Fsp3) is 0.462. The summed E-state index contributed by atoms with van der Waals surface area (Å²) in [6, 6.07) is 4.64. The zero-order chi connectivity index (χ0) is 13.0. The molecule has 1 aromatic rings. The maximum Gasteiger partial charge on any atom is 0.224 e. The largest absolute Gasteiger partial charge is 0.355 e. The summed E-state index contributed by atoms with van der Waals surface area (Å²) in [5, 5.41) is 6.10. The fourth-order valence-corrected chi connectivity index (χ4v) is 2.47. The van der Waals surface area contributed by atoms with E-state index in [2.05, 4.69) is 26.6 Å². The molecule has 5 heteroatoms. The van der Waals surface area contributed by atoms with Crippen molar-refractivity contribution in [3.63, 3.8) is 0 Å². The number of rotatable bonds is 4. The molecule has 1 aliphatic heterocycles. The van der Waals surface area contributed by atoms with E-state index in [0.717, 1.165) is 24.0 Å². The van der Waals surface area contributed by atoms with Crippen molar-refractivity contribution < 1.29 is 9.18 Å². The zero-order valence-electron chi connectivity index (χ0n) is 10.0. The van der Waals surface area contributed by atoms with E-state index >= 15 is 0 Å². The van der Waals surface area contributed by atoms with Crippen LogP contribution in [0.25, 0.3) is 0 Å². The lowest BCUT2D eigenvalue weighted by Gasteiger charge is -2.10. The Hall–Kier alpha value is -0.940. The number of amides is 1. The van der Waals surface area contributed by atoms with E-state index in [9.17, 15) is 9.18 Å². The van der Waals surface area contributed by atoms with E-state index in [1.165, 1.54) is 6.07 Å². The molecule has 0 aliphatic carbocycles. The number of benzene rings is 1. The predicted octanol–water partition coefficient (Wildman–Crippen LogP) is 1.86. The van der Waals surface area contributed by atoms with E-state index < -0.39 is 0 Å². The number of carbonyl (C=O) groups excluding carboxylic acids is 1. The first-order chi connectivity index (χ1) is 8.65. The second kappa shape index (κ2) is 6.29. The summed E-state index contributed by atoms with van der Waals surface area (Å²) in [4.78, 5) is 11.7. The molecule has 1 unspecified atom stereocenters. The summed E-state index contributed by atoms with van der Waals surface area (Å²) in [7, 11) is 0. The monoisotopic (exact) mass is 314 g/mol. The van der Waals surface area contributed by atoms with Crippen molar-refractivity contribution in [2.45, 2.75) is 12.8 Å². The second-order valence-corrected chi connectivity index (χ2v) is 5.49. The normalized spacial score (nSPS) is 18.9. The third-order valence-corrected chi connectivity index (χ3v) is 3.60. The van der Waals surface area contributed by atoms with Gasteiger partial charge >= 0.3 is 0 Å². The molecule has 1 atom stereocenters. The molecule has 0 bridgehead atoms. The lowest BCUT2D eigenvalue weighted by atomic mass is 10.1. The molecule has 1 aliphatic rings. The average Bonchev–Trinajstić information content (AvgIpc) is 2.84. The minimum absolute atomic E-state index is 0.0887. The SMILES string of the molecule is O=C(Cc1cc(Br)ccc1F)NCC1CCNC1. The summed E-state index contributed by atoms with van der Waals surface area (Å²) in [6.07, 6.45) is 1.18. The molecule has 2 N–H and O–H groups in total. The number of halogens is 2. The van der Waals surface area contributed by atoms with Gasteiger partial charge in [0.1, 0.15) is 5.82 Å². The molecule has 1 aromatic carbocycles. The minimum Gasteiger partial charge on any atom is -0.355 e. The van der Waals surface area contributed by atoms with Gasteiger partial charge in [-0.25, -0.2) is 4.39 Å². The van der Waals surface area contributed by atoms with Crippen LogP contribution in [-0.2, 0) is 11.2 Å². The third-order valence-electron chi connectivity index (χ3n) is 3.11. The molecule has 18 heavy (non-hydrogen) atoms. The molecular formula is C13H16BrFN2O. The van der Waals surface area contributed by atoms with Crippen LogP contribution in [0.4, 0.5) is 4.39 Å². The quantitative estimate of drug-likeness (QED) is 0.890. The first-order valence-electron chi connectivity index (χ1n) is 6.06. The zero-order valence-corrected chi connectivity index (χ0v) is 11.6. The van der Waals surface area contributed by atoms with E-state index in [-0.39, 0.29) is 18.1 Å². The van der Waals surface area contributed by atoms with Crippen molar-refractivity contribution in [2.75, 3.05) is 19.6 Å². The van der Waals surface area contributed by atoms with E-state index in [4.69, 9.17) is 0 Å². The number of carbonyl (C=O) groups is 1. The summed E-state index contributed by atoms with van der Waals surface area (Å²) in [5.41, 5.74) is 0.423. The number of nitrogens with one attached hydrogen (secondary N) is 2. The number of hydrogen-bond acceptors (Lipinski definition) is 2. The summed E-state index contributed by atoms with van der Waals surface area (Å²) in [6.45, 7) is 2.63. The van der Waals surface area contributed by atoms with Crippen molar-refractivity contribution in [3.8, 4) is 0 Å². The molecule has 0 spiro atoms. The molecule has 1 amide bonds. The van der Waals surface area contributed by atoms with Gasteiger partial charge in [-0.3, -0.25) is 4.79 Å². The lowest BCUT2D eigenvalue weighted by Crippen LogP contribution is -2.31. The van der Waals surface area contributed by atoms with Gasteiger partial charge in [-0.05, 0) is 49.2 Å². The summed E-state index contributed by atoms with van der Waals surface area (Å²) >= 11 is 3.27. The molecule has 1 fully saturated rings. The van der Waals surface area contributed by atoms with Crippen LogP contribution in [0, 0.1) is 11.7 Å². The highest BCUT2D eigenvalue weighted by Gasteiger charge is 2.15. The summed E-state index contributed by atoms with van der Waals surface area (Å²) in [5.74, 6) is 0.0380. The van der Waals surface area contributed by atoms with Crippen molar-refractivity contribution in [2.24, 2.45) is 5.92 Å². The number of hydrogen-bond donors (Lipinski definition) is 2. The Kier molecular flexibility index (Phi) is 4.72. The van der Waals surface area contributed by atoms with Gasteiger partial charge < -0.3 is 10.6 Å². The molecular weight excluding hydrogens is 299 g/mol. The molecule has 1 heterocycles. The Balaban J connectivity index is 1.84. The Morgan fingerprint density at radius 3 is 3.11 bits per heavy atom. The van der Waals surface area contributed by atoms with Gasteiger partial charge in [0.2, 0.25) is 5.91 Å². The van der Waals surface area contributed by atoms with Gasteiger partial charge in [-0.15, -0.1) is 0 Å². The highest BCUT2D eigenvalue weighted by atomic mass is 79.9. The molecule has 2 rings (SSSR count). The van der Waals surface area contributed by atoms with Crippen LogP contribution in [0.1, 0.15) is 12.0 Å². The maximum absolute atomic E-state index is 13.5. The Labute approximate surface area is 114 Å². The van der Waals surface area contributed by atoms with Crippen LogP contribution in [-0.4, -0.2) is 25.5 Å². The Morgan fingerprint density at radius 1 is 1.56 bits per heavy atom. The topological polar surface area (TPSA) is 41.1 Å². The van der Waals surface area contributed by atoms with Crippen LogP contribution in [0.15, 0.2) is 22.7 Å². The van der Waals surface area contributed by atoms with Gasteiger partial charge in [-0.2, -0.15) is 0 Å². The first kappa shape index (κ1) is 13.5. The lowest BCUT2D eigenvalue weighted by molar-refractivity contribution is -0.120. The highest BCUT2D eigenvalue weighted by Crippen LogP contribution is 2.16. The van der Waals surface area contributed by atoms with Crippen LogP contribution in [0.5, 0.6) is 0 Å². The van der Waals surface area contributed by atoms with Gasteiger partial charge in [0.05, 0.1) is 6.42 Å². The van der Waals surface area contributed by atoms with Gasteiger partial charge in [0, 0.05) is 11.0 Å². The van der Waals surface area contributed by atoms with Crippen molar-refractivity contribution in [1.82, 2.24) is 10.6 Å². The highest BCUT2D eigenvalue weighted by molar-refractivity contribution is 9.10. The molecule has 0 saturated carbocycles. The van der Waals surface area contributed by atoms with Crippen LogP contribution < -0.4 is 10.6 Å². The molecule has 0 radical (unpaired) electrons. The van der Waals surface area contributed by atoms with Crippen molar-refractivity contribution >= 4 is 21.8 Å².